The number of carbonyl (C=O) groups is 2. The van der Waals surface area contributed by atoms with Gasteiger partial charge in [0.05, 0.1) is 44.7 Å². The number of hydrogen-bond acceptors (Lipinski definition) is 13. The molecule has 10 atom stereocenters. The molecular formula is C37H43N3O12. The largest absolute Gasteiger partial charge is 0.467 e. The van der Waals surface area contributed by atoms with Crippen LogP contribution in [0.4, 0.5) is 0 Å². The van der Waals surface area contributed by atoms with E-state index in [0.29, 0.717) is 0 Å². The van der Waals surface area contributed by atoms with E-state index in [-0.39, 0.29) is 18.8 Å². The number of nitrogens with zero attached hydrogens (tertiary/aromatic N) is 3. The molecule has 15 nitrogen and oxygen atoms in total. The Balaban J connectivity index is 1.55. The molecule has 278 valence electrons. The fraction of sp³-hybridized carbons (Fsp3) is 0.459. The zero-order chi connectivity index (χ0) is 37.0. The lowest BCUT2D eigenvalue weighted by molar-refractivity contribution is -0.349. The average Bonchev–Trinajstić information content (AvgIpc) is 3.16. The van der Waals surface area contributed by atoms with Crippen molar-refractivity contribution in [2.75, 3.05) is 13.7 Å². The van der Waals surface area contributed by atoms with E-state index in [9.17, 15) is 25.3 Å². The molecule has 5 rings (SSSR count). The summed E-state index contributed by atoms with van der Waals surface area (Å²) in [6.45, 7) is 2.80. The van der Waals surface area contributed by atoms with E-state index in [1.54, 1.807) is 44.2 Å². The van der Waals surface area contributed by atoms with Crippen LogP contribution in [-0.2, 0) is 55.9 Å². The summed E-state index contributed by atoms with van der Waals surface area (Å²) >= 11 is 0. The van der Waals surface area contributed by atoms with Crippen molar-refractivity contribution < 1.29 is 57.7 Å². The van der Waals surface area contributed by atoms with Crippen LogP contribution < -0.4 is 0 Å². The second kappa shape index (κ2) is 18.9. The molecule has 0 spiro atoms. The highest BCUT2D eigenvalue weighted by molar-refractivity contribution is 5.89. The van der Waals surface area contributed by atoms with E-state index >= 15 is 0 Å². The van der Waals surface area contributed by atoms with Gasteiger partial charge in [0.1, 0.15) is 30.5 Å². The summed E-state index contributed by atoms with van der Waals surface area (Å²) in [4.78, 5) is 30.0. The molecule has 2 aliphatic heterocycles. The number of esters is 2. The number of aliphatic hydroxyl groups excluding tert-OH is 2. The standard InChI is InChI=1S/C37H43N3O12/c1-22(2)48-37-33(50-34(43)25-17-11-6-12-18-25)30(47-21-24-15-9-5-10-16-24)31(32(52-37)35(44)45-3)51-36-27(39-40-38)29(28(42)26(19-41)49-36)46-20-23-13-7-4-8-14-23/h4-18,22,26-33,36-37,41-42H,19-21H2,1-3H3/t26-,27-,28-,29-,30+,31+,32-,33-,36-,37-/m1/s1. The summed E-state index contributed by atoms with van der Waals surface area (Å²) in [7, 11) is 1.16. The number of rotatable bonds is 15. The Bertz CT molecular complexity index is 1610. The van der Waals surface area contributed by atoms with Crippen molar-refractivity contribution in [2.45, 2.75) is 94.5 Å². The van der Waals surface area contributed by atoms with Crippen LogP contribution in [0.5, 0.6) is 0 Å². The van der Waals surface area contributed by atoms with E-state index in [4.69, 9.17) is 37.9 Å². The molecule has 15 heteroatoms. The van der Waals surface area contributed by atoms with E-state index in [1.807, 2.05) is 60.7 Å². The first-order valence-corrected chi connectivity index (χ1v) is 16.8. The van der Waals surface area contributed by atoms with Gasteiger partial charge < -0.3 is 48.1 Å². The number of ether oxygens (including phenoxy) is 8. The zero-order valence-electron chi connectivity index (χ0n) is 29.0. The van der Waals surface area contributed by atoms with Gasteiger partial charge in [-0.15, -0.1) is 0 Å². The Morgan fingerprint density at radius 3 is 1.94 bits per heavy atom. The molecule has 0 aliphatic carbocycles. The molecule has 0 unspecified atom stereocenters. The molecule has 2 fully saturated rings. The van der Waals surface area contributed by atoms with Crippen LogP contribution in [0.1, 0.15) is 35.3 Å². The monoisotopic (exact) mass is 721 g/mol. The molecule has 0 bridgehead atoms. The molecule has 0 radical (unpaired) electrons. The van der Waals surface area contributed by atoms with Gasteiger partial charge in [-0.1, -0.05) is 84.0 Å². The summed E-state index contributed by atoms with van der Waals surface area (Å²) < 4.78 is 48.4. The van der Waals surface area contributed by atoms with Crippen molar-refractivity contribution in [1.29, 1.82) is 0 Å². The molecule has 2 aliphatic rings. The van der Waals surface area contributed by atoms with Gasteiger partial charge in [0.2, 0.25) is 0 Å². The normalized spacial score (nSPS) is 28.8. The summed E-state index contributed by atoms with van der Waals surface area (Å²) in [5, 5.41) is 25.3. The first-order chi connectivity index (χ1) is 25.2. The lowest BCUT2D eigenvalue weighted by atomic mass is 9.95. The highest BCUT2D eigenvalue weighted by Gasteiger charge is 2.56. The molecule has 3 aromatic carbocycles. The maximum absolute atomic E-state index is 13.5. The van der Waals surface area contributed by atoms with Gasteiger partial charge in [-0.2, -0.15) is 0 Å². The first kappa shape index (κ1) is 38.8. The number of carbonyl (C=O) groups excluding carboxylic acids is 2. The Hall–Kier alpha value is -4.41. The average molecular weight is 722 g/mol. The summed E-state index contributed by atoms with van der Waals surface area (Å²) in [5.74, 6) is -1.61. The zero-order valence-corrected chi connectivity index (χ0v) is 29.0. The summed E-state index contributed by atoms with van der Waals surface area (Å²) in [5.41, 5.74) is 11.4. The quantitative estimate of drug-likeness (QED) is 0.0997. The number of aliphatic hydroxyl groups is 2. The van der Waals surface area contributed by atoms with Gasteiger partial charge in [-0.25, -0.2) is 9.59 Å². The first-order valence-electron chi connectivity index (χ1n) is 16.8. The minimum Gasteiger partial charge on any atom is -0.467 e. The minimum atomic E-state index is -1.56. The van der Waals surface area contributed by atoms with Crippen LogP contribution in [-0.4, -0.2) is 103 Å². The van der Waals surface area contributed by atoms with E-state index in [1.165, 1.54) is 0 Å². The van der Waals surface area contributed by atoms with Crippen molar-refractivity contribution in [3.05, 3.63) is 118 Å². The summed E-state index contributed by atoms with van der Waals surface area (Å²) in [6, 6.07) is 25.1. The van der Waals surface area contributed by atoms with Crippen LogP contribution >= 0.6 is 0 Å². The van der Waals surface area contributed by atoms with Crippen molar-refractivity contribution in [3.63, 3.8) is 0 Å². The van der Waals surface area contributed by atoms with Gasteiger partial charge in [0.15, 0.2) is 24.8 Å². The maximum Gasteiger partial charge on any atom is 0.338 e. The Morgan fingerprint density at radius 1 is 0.827 bits per heavy atom. The maximum atomic E-state index is 13.5. The fourth-order valence-corrected chi connectivity index (χ4v) is 5.95. The topological polar surface area (TPSA) is 197 Å². The highest BCUT2D eigenvalue weighted by Crippen LogP contribution is 2.36. The van der Waals surface area contributed by atoms with E-state index in [0.717, 1.165) is 18.2 Å². The van der Waals surface area contributed by atoms with Gasteiger partial charge in [0, 0.05) is 4.91 Å². The number of hydrogen-bond donors (Lipinski definition) is 2. The SMILES string of the molecule is COC(=O)[C@@H]1O[C@@H](OC(C)C)[C@H](OC(=O)c2ccccc2)[C@@H](OCc2ccccc2)[C@@H]1O[C@H]1O[C@H](CO)[C@@H](O)[C@H](OCc2ccccc2)[C@H]1N=[N+]=[N-]. The van der Waals surface area contributed by atoms with Crippen LogP contribution in [0.3, 0.4) is 0 Å². The number of benzene rings is 3. The van der Waals surface area contributed by atoms with Crippen molar-refractivity contribution >= 4 is 11.9 Å². The minimum absolute atomic E-state index is 0.0107. The number of azide groups is 1. The van der Waals surface area contributed by atoms with E-state index < -0.39 is 86.0 Å². The third kappa shape index (κ3) is 9.72. The Kier molecular flexibility index (Phi) is 14.1. The van der Waals surface area contributed by atoms with E-state index in [2.05, 4.69) is 10.0 Å². The van der Waals surface area contributed by atoms with Crippen LogP contribution in [0.25, 0.3) is 10.4 Å². The lowest BCUT2D eigenvalue weighted by Gasteiger charge is -2.48. The van der Waals surface area contributed by atoms with Crippen LogP contribution in [0.15, 0.2) is 96.1 Å². The van der Waals surface area contributed by atoms with Gasteiger partial charge >= 0.3 is 11.9 Å². The van der Waals surface area contributed by atoms with Crippen LogP contribution in [0.2, 0.25) is 0 Å². The van der Waals surface area contributed by atoms with Crippen molar-refractivity contribution in [3.8, 4) is 0 Å². The molecule has 3 aromatic rings. The molecule has 2 N–H and O–H groups in total. The van der Waals surface area contributed by atoms with Crippen molar-refractivity contribution in [1.82, 2.24) is 0 Å². The number of methoxy groups -OCH3 is 1. The molecule has 0 amide bonds. The van der Waals surface area contributed by atoms with Crippen molar-refractivity contribution in [2.24, 2.45) is 5.11 Å². The smallest absolute Gasteiger partial charge is 0.338 e. The lowest BCUT2D eigenvalue weighted by Crippen LogP contribution is -2.66. The second-order valence-electron chi connectivity index (χ2n) is 12.4. The molecular weight excluding hydrogens is 678 g/mol. The van der Waals surface area contributed by atoms with Gasteiger partial charge in [-0.3, -0.25) is 0 Å². The molecule has 0 aromatic heterocycles. The predicted molar refractivity (Wildman–Crippen MR) is 182 cm³/mol. The highest BCUT2D eigenvalue weighted by atomic mass is 16.8. The van der Waals surface area contributed by atoms with Crippen LogP contribution in [0, 0.1) is 0 Å². The summed E-state index contributed by atoms with van der Waals surface area (Å²) in [6.07, 6.45) is -13.0. The Morgan fingerprint density at radius 2 is 1.40 bits per heavy atom. The third-order valence-corrected chi connectivity index (χ3v) is 8.46. The molecule has 52 heavy (non-hydrogen) atoms. The predicted octanol–water partition coefficient (Wildman–Crippen LogP) is 3.85. The fourth-order valence-electron chi connectivity index (χ4n) is 5.95. The second-order valence-corrected chi connectivity index (χ2v) is 12.4. The van der Waals surface area contributed by atoms with Gasteiger partial charge in [-0.05, 0) is 42.6 Å². The molecule has 2 saturated heterocycles. The molecule has 0 saturated carbocycles. The third-order valence-electron chi connectivity index (χ3n) is 8.46. The Labute approximate surface area is 300 Å². The van der Waals surface area contributed by atoms with Gasteiger partial charge in [0.25, 0.3) is 0 Å². The molecule has 2 heterocycles.